The van der Waals surface area contributed by atoms with E-state index >= 15 is 0 Å². The lowest BCUT2D eigenvalue weighted by molar-refractivity contribution is 0.111. The maximum atomic E-state index is 10.4. The second-order valence-corrected chi connectivity index (χ2v) is 6.73. The third-order valence-corrected chi connectivity index (χ3v) is 4.26. The van der Waals surface area contributed by atoms with Gasteiger partial charge in [-0.3, -0.25) is 0 Å². The van der Waals surface area contributed by atoms with Crippen molar-refractivity contribution in [1.82, 2.24) is 0 Å². The largest absolute Gasteiger partial charge is 0.378 e. The third kappa shape index (κ3) is 7.18. The fourth-order valence-electron chi connectivity index (χ4n) is 2.58. The summed E-state index contributed by atoms with van der Waals surface area (Å²) in [6, 6.07) is 20.5. The van der Waals surface area contributed by atoms with E-state index in [9.17, 15) is 5.11 Å². The highest BCUT2D eigenvalue weighted by atomic mass is 35.5. The summed E-state index contributed by atoms with van der Waals surface area (Å²) in [7, 11) is 0. The van der Waals surface area contributed by atoms with Gasteiger partial charge in [0.25, 0.3) is 0 Å². The molecule has 0 amide bonds. The maximum Gasteiger partial charge on any atom is 0.122 e. The summed E-state index contributed by atoms with van der Waals surface area (Å²) >= 11 is 5.72. The molecular formula is C23H25ClO. The summed E-state index contributed by atoms with van der Waals surface area (Å²) in [5, 5.41) is 10.4. The van der Waals surface area contributed by atoms with Crippen molar-refractivity contribution in [2.45, 2.75) is 37.7 Å². The van der Waals surface area contributed by atoms with Crippen molar-refractivity contribution in [3.05, 3.63) is 77.9 Å². The summed E-state index contributed by atoms with van der Waals surface area (Å²) < 4.78 is 0. The van der Waals surface area contributed by atoms with Crippen LogP contribution in [0.15, 0.2) is 66.7 Å². The van der Waals surface area contributed by atoms with E-state index in [1.165, 1.54) is 11.1 Å². The molecule has 0 aliphatic rings. The van der Waals surface area contributed by atoms with Gasteiger partial charge in [-0.15, -0.1) is 11.6 Å². The Hall–Kier alpha value is -2.01. The molecule has 2 unspecified atom stereocenters. The molecule has 0 spiro atoms. The van der Waals surface area contributed by atoms with Crippen LogP contribution in [0.1, 0.15) is 43.2 Å². The van der Waals surface area contributed by atoms with E-state index in [2.05, 4.69) is 48.3 Å². The van der Waals surface area contributed by atoms with Crippen molar-refractivity contribution in [3.8, 4) is 11.8 Å². The molecule has 0 saturated carbocycles. The molecule has 2 heteroatoms. The van der Waals surface area contributed by atoms with Gasteiger partial charge >= 0.3 is 0 Å². The maximum absolute atomic E-state index is 10.4. The average Bonchev–Trinajstić information content (AvgIpc) is 2.64. The van der Waals surface area contributed by atoms with Crippen LogP contribution in [0.3, 0.4) is 0 Å². The molecule has 130 valence electrons. The molecule has 0 heterocycles. The zero-order valence-corrected chi connectivity index (χ0v) is 15.4. The smallest absolute Gasteiger partial charge is 0.122 e. The highest BCUT2D eigenvalue weighted by Crippen LogP contribution is 2.21. The second-order valence-electron chi connectivity index (χ2n) is 6.35. The van der Waals surface area contributed by atoms with E-state index in [1.54, 1.807) is 6.92 Å². The van der Waals surface area contributed by atoms with E-state index < -0.39 is 5.60 Å². The number of alkyl halides is 1. The Kier molecular flexibility index (Phi) is 7.79. The highest BCUT2D eigenvalue weighted by molar-refractivity contribution is 6.17. The zero-order valence-electron chi connectivity index (χ0n) is 14.7. The van der Waals surface area contributed by atoms with Crippen LogP contribution in [0.2, 0.25) is 0 Å². The first kappa shape index (κ1) is 19.3. The van der Waals surface area contributed by atoms with Crippen molar-refractivity contribution in [2.24, 2.45) is 0 Å². The highest BCUT2D eigenvalue weighted by Gasteiger charge is 2.16. The van der Waals surface area contributed by atoms with Crippen LogP contribution in [-0.4, -0.2) is 16.6 Å². The molecule has 0 aliphatic heterocycles. The van der Waals surface area contributed by atoms with Crippen LogP contribution in [0.5, 0.6) is 0 Å². The quantitative estimate of drug-likeness (QED) is 0.504. The van der Waals surface area contributed by atoms with Gasteiger partial charge in [0, 0.05) is 11.8 Å². The molecule has 0 fully saturated rings. The van der Waals surface area contributed by atoms with Gasteiger partial charge in [-0.05, 0) is 37.3 Å². The van der Waals surface area contributed by atoms with Gasteiger partial charge in [-0.2, -0.15) is 0 Å². The number of hydrogen-bond acceptors (Lipinski definition) is 1. The summed E-state index contributed by atoms with van der Waals surface area (Å²) in [6.45, 7) is 1.76. The predicted octanol–water partition coefficient (Wildman–Crippen LogP) is 5.65. The molecule has 2 rings (SSSR count). The molecule has 0 aliphatic carbocycles. The minimum atomic E-state index is -0.995. The van der Waals surface area contributed by atoms with E-state index in [0.29, 0.717) is 12.3 Å². The minimum Gasteiger partial charge on any atom is -0.378 e. The van der Waals surface area contributed by atoms with Crippen LogP contribution < -0.4 is 0 Å². The molecular weight excluding hydrogens is 328 g/mol. The first-order chi connectivity index (χ1) is 12.1. The first-order valence-corrected chi connectivity index (χ1v) is 9.22. The van der Waals surface area contributed by atoms with E-state index in [4.69, 9.17) is 11.6 Å². The Labute approximate surface area is 156 Å². The molecule has 0 bridgehead atoms. The Bertz CT molecular complexity index is 708. The SMILES string of the molecule is CC(O)(C#CC(C/C=C/c1ccccc1)c1ccccc1)CCCCl. The number of benzene rings is 2. The van der Waals surface area contributed by atoms with Crippen LogP contribution in [0.25, 0.3) is 6.08 Å². The van der Waals surface area contributed by atoms with Crippen molar-refractivity contribution < 1.29 is 5.11 Å². The monoisotopic (exact) mass is 352 g/mol. The van der Waals surface area contributed by atoms with Gasteiger partial charge in [0.15, 0.2) is 0 Å². The lowest BCUT2D eigenvalue weighted by Gasteiger charge is -2.16. The van der Waals surface area contributed by atoms with Crippen molar-refractivity contribution in [2.75, 3.05) is 5.88 Å². The molecule has 1 N–H and O–H groups in total. The lowest BCUT2D eigenvalue weighted by Crippen LogP contribution is -2.21. The average molecular weight is 353 g/mol. The molecule has 0 aromatic heterocycles. The molecule has 2 aromatic carbocycles. The van der Waals surface area contributed by atoms with Crippen LogP contribution >= 0.6 is 11.6 Å². The molecule has 0 radical (unpaired) electrons. The molecule has 2 atom stereocenters. The van der Waals surface area contributed by atoms with E-state index in [-0.39, 0.29) is 5.92 Å². The number of allylic oxidation sites excluding steroid dienone is 1. The molecule has 1 nitrogen and oxygen atoms in total. The van der Waals surface area contributed by atoms with Gasteiger partial charge in [-0.1, -0.05) is 84.7 Å². The summed E-state index contributed by atoms with van der Waals surface area (Å²) in [6.07, 6.45) is 6.41. The minimum absolute atomic E-state index is 0.0589. The van der Waals surface area contributed by atoms with E-state index in [0.717, 1.165) is 12.8 Å². The molecule has 2 aromatic rings. The Balaban J connectivity index is 2.13. The summed E-state index contributed by atoms with van der Waals surface area (Å²) in [5.41, 5.74) is 1.35. The standard InChI is InChI=1S/C23H25ClO/c1-23(25,17-9-19-24)18-16-22(21-13-6-3-7-14-21)15-8-12-20-10-4-2-5-11-20/h2-8,10-14,22,25H,9,15,17,19H2,1H3/b12-8+. The van der Waals surface area contributed by atoms with Crippen LogP contribution in [0.4, 0.5) is 0 Å². The van der Waals surface area contributed by atoms with E-state index in [1.807, 2.05) is 36.4 Å². The molecule has 25 heavy (non-hydrogen) atoms. The number of halogens is 1. The Morgan fingerprint density at radius 1 is 1.08 bits per heavy atom. The fraction of sp³-hybridized carbons (Fsp3) is 0.304. The third-order valence-electron chi connectivity index (χ3n) is 4.00. The first-order valence-electron chi connectivity index (χ1n) is 8.68. The number of hydrogen-bond donors (Lipinski definition) is 1. The van der Waals surface area contributed by atoms with Crippen LogP contribution in [0, 0.1) is 11.8 Å². The van der Waals surface area contributed by atoms with Gasteiger partial charge in [0.2, 0.25) is 0 Å². The molecule has 0 saturated heterocycles. The summed E-state index contributed by atoms with van der Waals surface area (Å²) in [5.74, 6) is 6.93. The Morgan fingerprint density at radius 3 is 2.36 bits per heavy atom. The fourth-order valence-corrected chi connectivity index (χ4v) is 2.72. The van der Waals surface area contributed by atoms with Crippen molar-refractivity contribution in [1.29, 1.82) is 0 Å². The topological polar surface area (TPSA) is 20.2 Å². The zero-order chi connectivity index (χ0) is 18.0. The van der Waals surface area contributed by atoms with Crippen molar-refractivity contribution in [3.63, 3.8) is 0 Å². The number of rotatable bonds is 7. The van der Waals surface area contributed by atoms with Gasteiger partial charge < -0.3 is 5.11 Å². The lowest BCUT2D eigenvalue weighted by atomic mass is 9.93. The summed E-state index contributed by atoms with van der Waals surface area (Å²) in [4.78, 5) is 0. The van der Waals surface area contributed by atoms with Gasteiger partial charge in [0.05, 0.1) is 0 Å². The van der Waals surface area contributed by atoms with Crippen LogP contribution in [-0.2, 0) is 0 Å². The normalized spacial score (nSPS) is 14.5. The van der Waals surface area contributed by atoms with Gasteiger partial charge in [0.1, 0.15) is 5.60 Å². The number of aliphatic hydroxyl groups is 1. The predicted molar refractivity (Wildman–Crippen MR) is 108 cm³/mol. The van der Waals surface area contributed by atoms with Crippen molar-refractivity contribution >= 4 is 17.7 Å². The van der Waals surface area contributed by atoms with Gasteiger partial charge in [-0.25, -0.2) is 0 Å². The Morgan fingerprint density at radius 2 is 1.72 bits per heavy atom. The second kappa shape index (κ2) is 10.1.